The molecule has 2 aromatic rings. The molecule has 1 aromatic heterocycles. The van der Waals surface area contributed by atoms with Crippen molar-refractivity contribution in [3.8, 4) is 28.1 Å². The molecule has 110 valence electrons. The van der Waals surface area contributed by atoms with Crippen molar-refractivity contribution in [2.45, 2.75) is 26.2 Å². The molecule has 0 bridgehead atoms. The minimum absolute atomic E-state index is 0.287. The highest BCUT2D eigenvalue weighted by molar-refractivity contribution is 7.15. The summed E-state index contributed by atoms with van der Waals surface area (Å²) in [7, 11) is 3.23. The van der Waals surface area contributed by atoms with Crippen molar-refractivity contribution in [3.63, 3.8) is 0 Å². The van der Waals surface area contributed by atoms with E-state index in [0.717, 1.165) is 21.1 Å². The average Bonchev–Trinajstić information content (AvgIpc) is 2.90. The van der Waals surface area contributed by atoms with Crippen LogP contribution in [-0.4, -0.2) is 19.2 Å². The van der Waals surface area contributed by atoms with Crippen LogP contribution in [0.4, 0.5) is 0 Å². The first-order valence-corrected chi connectivity index (χ1v) is 7.51. The monoisotopic (exact) mass is 302 g/mol. The fraction of sp³-hybridized carbons (Fsp3) is 0.375. The Hall–Kier alpha value is -2.06. The van der Waals surface area contributed by atoms with Gasteiger partial charge in [-0.05, 0) is 18.1 Å². The van der Waals surface area contributed by atoms with Crippen molar-refractivity contribution < 1.29 is 9.47 Å². The Morgan fingerprint density at radius 1 is 1.29 bits per heavy atom. The predicted octanol–water partition coefficient (Wildman–Crippen LogP) is 4.02. The van der Waals surface area contributed by atoms with Crippen LogP contribution in [0.2, 0.25) is 0 Å². The van der Waals surface area contributed by atoms with Crippen LogP contribution in [0.5, 0.6) is 11.5 Å². The summed E-state index contributed by atoms with van der Waals surface area (Å²) in [5, 5.41) is 9.83. The number of aromatic nitrogens is 1. The van der Waals surface area contributed by atoms with E-state index in [1.54, 1.807) is 25.6 Å². The van der Waals surface area contributed by atoms with Crippen molar-refractivity contribution >= 4 is 11.3 Å². The molecule has 0 aliphatic heterocycles. The lowest BCUT2D eigenvalue weighted by Crippen LogP contribution is -1.94. The quantitative estimate of drug-likeness (QED) is 0.837. The Labute approximate surface area is 129 Å². The number of hydrogen-bond donors (Lipinski definition) is 0. The van der Waals surface area contributed by atoms with Crippen LogP contribution in [-0.2, 0) is 6.42 Å². The molecule has 1 aromatic carbocycles. The van der Waals surface area contributed by atoms with Gasteiger partial charge in [0.1, 0.15) is 5.01 Å². The predicted molar refractivity (Wildman–Crippen MR) is 84.1 cm³/mol. The Morgan fingerprint density at radius 2 is 2.05 bits per heavy atom. The third-order valence-electron chi connectivity index (χ3n) is 3.15. The second kappa shape index (κ2) is 6.59. The lowest BCUT2D eigenvalue weighted by atomic mass is 10.1. The van der Waals surface area contributed by atoms with Gasteiger partial charge in [0.2, 0.25) is 0 Å². The molecule has 2 rings (SSSR count). The molecule has 21 heavy (non-hydrogen) atoms. The molecule has 1 heterocycles. The minimum Gasteiger partial charge on any atom is -0.493 e. The fourth-order valence-corrected chi connectivity index (χ4v) is 3.35. The van der Waals surface area contributed by atoms with Crippen LogP contribution < -0.4 is 9.47 Å². The number of nitrogens with zero attached hydrogens (tertiary/aromatic N) is 2. The van der Waals surface area contributed by atoms with Crippen molar-refractivity contribution in [2.24, 2.45) is 0 Å². The smallest absolute Gasteiger partial charge is 0.170 e. The number of hydrogen-bond acceptors (Lipinski definition) is 5. The van der Waals surface area contributed by atoms with Gasteiger partial charge in [0, 0.05) is 4.88 Å². The summed E-state index contributed by atoms with van der Waals surface area (Å²) >= 11 is 1.55. The molecule has 0 saturated heterocycles. The minimum atomic E-state index is 0.287. The van der Waals surface area contributed by atoms with E-state index in [1.165, 1.54) is 0 Å². The average molecular weight is 302 g/mol. The van der Waals surface area contributed by atoms with Crippen LogP contribution >= 0.6 is 11.3 Å². The second-order valence-corrected chi connectivity index (χ2v) is 5.94. The molecule has 0 spiro atoms. The highest BCUT2D eigenvalue weighted by Crippen LogP contribution is 2.41. The Kier molecular flexibility index (Phi) is 4.81. The van der Waals surface area contributed by atoms with Gasteiger partial charge in [0.25, 0.3) is 0 Å². The maximum absolute atomic E-state index is 8.97. The van der Waals surface area contributed by atoms with Crippen molar-refractivity contribution in [3.05, 3.63) is 28.8 Å². The SMILES string of the molecule is COc1cccc(-c2nc(C(C)C)c(CC#N)s2)c1OC. The molecule has 5 heteroatoms. The van der Waals surface area contributed by atoms with E-state index in [4.69, 9.17) is 19.7 Å². The van der Waals surface area contributed by atoms with Gasteiger partial charge in [0.15, 0.2) is 11.5 Å². The van der Waals surface area contributed by atoms with Crippen LogP contribution in [0.1, 0.15) is 30.3 Å². The van der Waals surface area contributed by atoms with Crippen LogP contribution in [0.25, 0.3) is 10.6 Å². The Bertz CT molecular complexity index is 671. The van der Waals surface area contributed by atoms with Gasteiger partial charge < -0.3 is 9.47 Å². The van der Waals surface area contributed by atoms with Crippen LogP contribution in [0, 0.1) is 11.3 Å². The van der Waals surface area contributed by atoms with E-state index < -0.39 is 0 Å². The Balaban J connectivity index is 2.57. The van der Waals surface area contributed by atoms with E-state index in [0.29, 0.717) is 17.9 Å². The largest absolute Gasteiger partial charge is 0.493 e. The van der Waals surface area contributed by atoms with E-state index in [9.17, 15) is 0 Å². The number of para-hydroxylation sites is 1. The number of benzene rings is 1. The van der Waals surface area contributed by atoms with E-state index >= 15 is 0 Å². The van der Waals surface area contributed by atoms with Gasteiger partial charge in [0.05, 0.1) is 38.0 Å². The molecule has 0 N–H and O–H groups in total. The van der Waals surface area contributed by atoms with Crippen molar-refractivity contribution in [1.29, 1.82) is 5.26 Å². The zero-order valence-electron chi connectivity index (χ0n) is 12.6. The number of ether oxygens (including phenoxy) is 2. The highest BCUT2D eigenvalue weighted by Gasteiger charge is 2.19. The molecule has 0 saturated carbocycles. The first-order chi connectivity index (χ1) is 10.1. The molecule has 0 aliphatic carbocycles. The van der Waals surface area contributed by atoms with Gasteiger partial charge in [-0.25, -0.2) is 4.98 Å². The summed E-state index contributed by atoms with van der Waals surface area (Å²) in [5.74, 6) is 1.64. The normalized spacial score (nSPS) is 10.5. The summed E-state index contributed by atoms with van der Waals surface area (Å²) in [6.45, 7) is 4.17. The topological polar surface area (TPSA) is 55.1 Å². The molecular formula is C16H18N2O2S. The summed E-state index contributed by atoms with van der Waals surface area (Å²) in [6, 6.07) is 7.94. The highest BCUT2D eigenvalue weighted by atomic mass is 32.1. The van der Waals surface area contributed by atoms with Gasteiger partial charge in [-0.15, -0.1) is 11.3 Å². The van der Waals surface area contributed by atoms with Gasteiger partial charge in [-0.3, -0.25) is 0 Å². The first kappa shape index (κ1) is 15.3. The van der Waals surface area contributed by atoms with Crippen LogP contribution in [0.15, 0.2) is 18.2 Å². The van der Waals surface area contributed by atoms with Crippen LogP contribution in [0.3, 0.4) is 0 Å². The lowest BCUT2D eigenvalue weighted by molar-refractivity contribution is 0.356. The number of methoxy groups -OCH3 is 2. The summed E-state index contributed by atoms with van der Waals surface area (Å²) in [5.41, 5.74) is 1.88. The number of nitriles is 1. The third kappa shape index (κ3) is 3.01. The summed E-state index contributed by atoms with van der Waals surface area (Å²) in [6.07, 6.45) is 0.386. The first-order valence-electron chi connectivity index (χ1n) is 6.70. The van der Waals surface area contributed by atoms with E-state index in [1.807, 2.05) is 18.2 Å². The van der Waals surface area contributed by atoms with Crippen molar-refractivity contribution in [1.82, 2.24) is 4.98 Å². The molecule has 0 amide bonds. The molecular weight excluding hydrogens is 284 g/mol. The molecule has 0 atom stereocenters. The Morgan fingerprint density at radius 3 is 2.62 bits per heavy atom. The van der Waals surface area contributed by atoms with Crippen molar-refractivity contribution in [2.75, 3.05) is 14.2 Å². The maximum atomic E-state index is 8.97. The van der Waals surface area contributed by atoms with Gasteiger partial charge in [-0.1, -0.05) is 19.9 Å². The number of thiazole rings is 1. The molecule has 0 fully saturated rings. The van der Waals surface area contributed by atoms with E-state index in [-0.39, 0.29) is 5.92 Å². The van der Waals surface area contributed by atoms with E-state index in [2.05, 4.69) is 19.9 Å². The molecule has 4 nitrogen and oxygen atoms in total. The summed E-state index contributed by atoms with van der Waals surface area (Å²) < 4.78 is 10.8. The second-order valence-electron chi connectivity index (χ2n) is 4.86. The molecule has 0 unspecified atom stereocenters. The fourth-order valence-electron chi connectivity index (χ4n) is 2.18. The van der Waals surface area contributed by atoms with Gasteiger partial charge in [-0.2, -0.15) is 5.26 Å². The number of rotatable bonds is 5. The summed E-state index contributed by atoms with van der Waals surface area (Å²) in [4.78, 5) is 5.74. The zero-order valence-corrected chi connectivity index (χ0v) is 13.5. The third-order valence-corrected chi connectivity index (χ3v) is 4.25. The maximum Gasteiger partial charge on any atom is 0.170 e. The molecule has 0 aliphatic rings. The lowest BCUT2D eigenvalue weighted by Gasteiger charge is -2.10. The zero-order chi connectivity index (χ0) is 15.4. The molecule has 0 radical (unpaired) electrons. The standard InChI is InChI=1S/C16H18N2O2S/c1-10(2)14-13(8-9-17)21-16(18-14)11-6-5-7-12(19-3)15(11)20-4/h5-7,10H,8H2,1-4H3. The van der Waals surface area contributed by atoms with Gasteiger partial charge >= 0.3 is 0 Å².